The fourth-order valence-electron chi connectivity index (χ4n) is 1.87. The van der Waals surface area contributed by atoms with Gasteiger partial charge in [-0.15, -0.1) is 0 Å². The molecule has 0 bridgehead atoms. The lowest BCUT2D eigenvalue weighted by Gasteiger charge is -2.06. The van der Waals surface area contributed by atoms with E-state index in [9.17, 15) is 4.79 Å². The number of aryl methyl sites for hydroxylation is 1. The molecule has 0 radical (unpaired) electrons. The summed E-state index contributed by atoms with van der Waals surface area (Å²) in [5.41, 5.74) is 2.51. The third-order valence-corrected chi connectivity index (χ3v) is 3.74. The fourth-order valence-corrected chi connectivity index (χ4v) is 2.46. The predicted molar refractivity (Wildman–Crippen MR) is 76.7 cm³/mol. The summed E-state index contributed by atoms with van der Waals surface area (Å²) in [5, 5.41) is 4.09. The first kappa shape index (κ1) is 13.8. The third-order valence-electron chi connectivity index (χ3n) is 3.12. The Balaban J connectivity index is 2.19. The number of carbonyl (C=O) groups excluding carboxylic acids is 1. The molecule has 0 amide bonds. The first-order chi connectivity index (χ1) is 9.02. The molecule has 100 valence electrons. The van der Waals surface area contributed by atoms with Gasteiger partial charge in [-0.2, -0.15) is 5.10 Å². The lowest BCUT2D eigenvalue weighted by Crippen LogP contribution is -2.05. The number of rotatable bonds is 4. The van der Waals surface area contributed by atoms with Crippen LogP contribution in [0.5, 0.6) is 5.75 Å². The minimum Gasteiger partial charge on any atom is -0.496 e. The highest BCUT2D eigenvalue weighted by Crippen LogP contribution is 2.26. The van der Waals surface area contributed by atoms with Crippen molar-refractivity contribution in [1.82, 2.24) is 9.78 Å². The van der Waals surface area contributed by atoms with E-state index < -0.39 is 0 Å². The van der Waals surface area contributed by atoms with Crippen molar-refractivity contribution in [2.75, 3.05) is 7.11 Å². The van der Waals surface area contributed by atoms with Crippen LogP contribution in [-0.4, -0.2) is 22.7 Å². The average Bonchev–Trinajstić information content (AvgIpc) is 2.70. The maximum Gasteiger partial charge on any atom is 0.170 e. The number of ether oxygens (including phenoxy) is 1. The van der Waals surface area contributed by atoms with Crippen molar-refractivity contribution in [2.45, 2.75) is 13.3 Å². The maximum absolute atomic E-state index is 12.2. The second kappa shape index (κ2) is 5.57. The summed E-state index contributed by atoms with van der Waals surface area (Å²) in [5.74, 6) is 0.830. The minimum absolute atomic E-state index is 0.0719. The molecule has 0 saturated heterocycles. The molecule has 0 aliphatic heterocycles. The topological polar surface area (TPSA) is 44.1 Å². The SMILES string of the molecule is COc1ccc(CC(=O)c2cnn(C)c2C)cc1Br. The largest absolute Gasteiger partial charge is 0.496 e. The molecule has 0 N–H and O–H groups in total. The molecule has 0 aliphatic rings. The molecule has 0 saturated carbocycles. The first-order valence-corrected chi connectivity index (χ1v) is 6.66. The van der Waals surface area contributed by atoms with Crippen molar-refractivity contribution < 1.29 is 9.53 Å². The highest BCUT2D eigenvalue weighted by Gasteiger charge is 2.14. The van der Waals surface area contributed by atoms with Gasteiger partial charge in [-0.3, -0.25) is 9.48 Å². The van der Waals surface area contributed by atoms with Crippen LogP contribution in [0.15, 0.2) is 28.9 Å². The Morgan fingerprint density at radius 3 is 2.74 bits per heavy atom. The zero-order valence-electron chi connectivity index (χ0n) is 11.1. The van der Waals surface area contributed by atoms with Gasteiger partial charge in [0.25, 0.3) is 0 Å². The molecular formula is C14H15BrN2O2. The number of Topliss-reactive ketones (excluding diaryl/α,β-unsaturated/α-hetero) is 1. The van der Waals surface area contributed by atoms with Crippen molar-refractivity contribution in [3.8, 4) is 5.75 Å². The maximum atomic E-state index is 12.2. The summed E-state index contributed by atoms with van der Waals surface area (Å²) >= 11 is 3.42. The number of carbonyl (C=O) groups is 1. The standard InChI is InChI=1S/C14H15BrN2O2/c1-9-11(8-16-17(9)2)13(18)7-10-4-5-14(19-3)12(15)6-10/h4-6,8H,7H2,1-3H3. The van der Waals surface area contributed by atoms with Crippen LogP contribution in [0.25, 0.3) is 0 Å². The highest BCUT2D eigenvalue weighted by atomic mass is 79.9. The smallest absolute Gasteiger partial charge is 0.170 e. The van der Waals surface area contributed by atoms with E-state index in [0.29, 0.717) is 12.0 Å². The second-order valence-corrected chi connectivity index (χ2v) is 5.19. The van der Waals surface area contributed by atoms with E-state index in [-0.39, 0.29) is 5.78 Å². The average molecular weight is 323 g/mol. The van der Waals surface area contributed by atoms with E-state index in [1.165, 1.54) is 0 Å². The molecule has 0 aliphatic carbocycles. The van der Waals surface area contributed by atoms with Crippen LogP contribution in [0.4, 0.5) is 0 Å². The highest BCUT2D eigenvalue weighted by molar-refractivity contribution is 9.10. The number of hydrogen-bond donors (Lipinski definition) is 0. The molecule has 0 unspecified atom stereocenters. The van der Waals surface area contributed by atoms with Gasteiger partial charge in [0.05, 0.1) is 23.3 Å². The van der Waals surface area contributed by atoms with Crippen molar-refractivity contribution in [3.63, 3.8) is 0 Å². The number of nitrogens with zero attached hydrogens (tertiary/aromatic N) is 2. The Bertz CT molecular complexity index is 620. The number of aromatic nitrogens is 2. The van der Waals surface area contributed by atoms with Gasteiger partial charge in [-0.1, -0.05) is 6.07 Å². The minimum atomic E-state index is 0.0719. The van der Waals surface area contributed by atoms with Crippen molar-refractivity contribution >= 4 is 21.7 Å². The predicted octanol–water partition coefficient (Wildman–Crippen LogP) is 2.93. The molecule has 1 aromatic carbocycles. The van der Waals surface area contributed by atoms with E-state index in [4.69, 9.17) is 4.74 Å². The summed E-state index contributed by atoms with van der Waals surface area (Å²) in [7, 11) is 3.44. The van der Waals surface area contributed by atoms with E-state index in [1.807, 2.05) is 32.2 Å². The lowest BCUT2D eigenvalue weighted by atomic mass is 10.0. The molecule has 19 heavy (non-hydrogen) atoms. The normalized spacial score (nSPS) is 10.5. The van der Waals surface area contributed by atoms with Gasteiger partial charge in [-0.25, -0.2) is 0 Å². The second-order valence-electron chi connectivity index (χ2n) is 4.34. The molecule has 1 aromatic heterocycles. The molecule has 5 heteroatoms. The molecule has 0 fully saturated rings. The van der Waals surface area contributed by atoms with Crippen LogP contribution in [0, 0.1) is 6.92 Å². The third kappa shape index (κ3) is 2.87. The summed E-state index contributed by atoms with van der Waals surface area (Å²) in [6, 6.07) is 5.65. The van der Waals surface area contributed by atoms with Crippen LogP contribution < -0.4 is 4.74 Å². The molecular weight excluding hydrogens is 308 g/mol. The molecule has 2 rings (SSSR count). The van der Waals surface area contributed by atoms with Crippen LogP contribution in [0.1, 0.15) is 21.6 Å². The fraction of sp³-hybridized carbons (Fsp3) is 0.286. The molecule has 4 nitrogen and oxygen atoms in total. The Kier molecular flexibility index (Phi) is 4.04. The van der Waals surface area contributed by atoms with Gasteiger partial charge >= 0.3 is 0 Å². The first-order valence-electron chi connectivity index (χ1n) is 5.87. The van der Waals surface area contributed by atoms with E-state index in [2.05, 4.69) is 21.0 Å². The van der Waals surface area contributed by atoms with Crippen LogP contribution >= 0.6 is 15.9 Å². The summed E-state index contributed by atoms with van der Waals surface area (Å²) in [6.07, 6.45) is 1.98. The summed E-state index contributed by atoms with van der Waals surface area (Å²) < 4.78 is 7.72. The Morgan fingerprint density at radius 2 is 2.21 bits per heavy atom. The van der Waals surface area contributed by atoms with Crippen LogP contribution in [0.3, 0.4) is 0 Å². The Labute approximate surface area is 120 Å². The summed E-state index contributed by atoms with van der Waals surface area (Å²) in [4.78, 5) is 12.2. The van der Waals surface area contributed by atoms with Crippen molar-refractivity contribution in [3.05, 3.63) is 45.7 Å². The van der Waals surface area contributed by atoms with Gasteiger partial charge in [0.15, 0.2) is 5.78 Å². The van der Waals surface area contributed by atoms with Crippen molar-refractivity contribution in [1.29, 1.82) is 0 Å². The molecule has 0 atom stereocenters. The molecule has 0 spiro atoms. The number of ketones is 1. The number of benzene rings is 1. The van der Waals surface area contributed by atoms with E-state index >= 15 is 0 Å². The number of halogens is 1. The van der Waals surface area contributed by atoms with Crippen LogP contribution in [-0.2, 0) is 13.5 Å². The molecule has 1 heterocycles. The molecule has 2 aromatic rings. The van der Waals surface area contributed by atoms with Gasteiger partial charge < -0.3 is 4.74 Å². The van der Waals surface area contributed by atoms with Gasteiger partial charge in [0.1, 0.15) is 5.75 Å². The zero-order chi connectivity index (χ0) is 14.0. The van der Waals surface area contributed by atoms with Gasteiger partial charge in [-0.05, 0) is 40.5 Å². The van der Waals surface area contributed by atoms with E-state index in [1.54, 1.807) is 18.0 Å². The van der Waals surface area contributed by atoms with Gasteiger partial charge in [0.2, 0.25) is 0 Å². The van der Waals surface area contributed by atoms with Crippen molar-refractivity contribution in [2.24, 2.45) is 7.05 Å². The van der Waals surface area contributed by atoms with E-state index in [0.717, 1.165) is 21.5 Å². The quantitative estimate of drug-likeness (QED) is 0.813. The van der Waals surface area contributed by atoms with Gasteiger partial charge in [0, 0.05) is 19.2 Å². The Hall–Kier alpha value is -1.62. The number of hydrogen-bond acceptors (Lipinski definition) is 3. The number of methoxy groups -OCH3 is 1. The Morgan fingerprint density at radius 1 is 1.47 bits per heavy atom. The van der Waals surface area contributed by atoms with Crippen LogP contribution in [0.2, 0.25) is 0 Å². The lowest BCUT2D eigenvalue weighted by molar-refractivity contribution is 0.0992. The summed E-state index contributed by atoms with van der Waals surface area (Å²) in [6.45, 7) is 1.89. The monoisotopic (exact) mass is 322 g/mol. The zero-order valence-corrected chi connectivity index (χ0v) is 12.7.